The number of carbonyl (C=O) groups is 1. The first-order valence-electron chi connectivity index (χ1n) is 9.94. The summed E-state index contributed by atoms with van der Waals surface area (Å²) in [4.78, 5) is 12.8. The Balaban J connectivity index is 2.20. The third-order valence-electron chi connectivity index (χ3n) is 4.81. The van der Waals surface area contributed by atoms with Gasteiger partial charge in [0.25, 0.3) is 0 Å². The maximum Gasteiger partial charge on any atom is 0.243 e. The molecule has 1 amide bonds. The van der Waals surface area contributed by atoms with Gasteiger partial charge in [-0.2, -0.15) is 4.31 Å². The Labute approximate surface area is 187 Å². The van der Waals surface area contributed by atoms with Crippen LogP contribution in [0.5, 0.6) is 5.75 Å². The standard InChI is InChI=1S/C22H29BrN2O4S/c1-6-16-12-18(23)13-17(7-2)22(16)24-21(26)14-25(5)30(27,28)19-9-10-20(29-8-3)15(4)11-19/h9-13H,6-8,14H2,1-5H3,(H,24,26). The number of halogens is 1. The first-order valence-corrected chi connectivity index (χ1v) is 12.2. The number of hydrogen-bond acceptors (Lipinski definition) is 4. The van der Waals surface area contributed by atoms with E-state index in [0.717, 1.165) is 44.0 Å². The zero-order valence-electron chi connectivity index (χ0n) is 18.1. The Morgan fingerprint density at radius 1 is 1.10 bits per heavy atom. The van der Waals surface area contributed by atoms with Gasteiger partial charge in [-0.05, 0) is 73.7 Å². The molecule has 2 aromatic rings. The van der Waals surface area contributed by atoms with Crippen molar-refractivity contribution in [3.8, 4) is 5.75 Å². The highest BCUT2D eigenvalue weighted by Gasteiger charge is 2.24. The molecule has 6 nitrogen and oxygen atoms in total. The average molecular weight is 497 g/mol. The van der Waals surface area contributed by atoms with E-state index in [1.54, 1.807) is 19.1 Å². The lowest BCUT2D eigenvalue weighted by Crippen LogP contribution is -2.35. The lowest BCUT2D eigenvalue weighted by atomic mass is 10.0. The number of carbonyl (C=O) groups excluding carboxylic acids is 1. The third-order valence-corrected chi connectivity index (χ3v) is 7.07. The number of amides is 1. The van der Waals surface area contributed by atoms with E-state index in [9.17, 15) is 13.2 Å². The van der Waals surface area contributed by atoms with E-state index in [1.807, 2.05) is 32.9 Å². The van der Waals surface area contributed by atoms with Crippen molar-refractivity contribution < 1.29 is 17.9 Å². The van der Waals surface area contributed by atoms with Crippen LogP contribution in [-0.2, 0) is 27.7 Å². The molecule has 0 bridgehead atoms. The number of sulfonamides is 1. The van der Waals surface area contributed by atoms with Crippen LogP contribution in [-0.4, -0.2) is 38.8 Å². The van der Waals surface area contributed by atoms with Gasteiger partial charge in [0.15, 0.2) is 0 Å². The van der Waals surface area contributed by atoms with Crippen LogP contribution in [0.1, 0.15) is 37.5 Å². The molecule has 0 spiro atoms. The van der Waals surface area contributed by atoms with Crippen molar-refractivity contribution in [2.45, 2.75) is 45.4 Å². The van der Waals surface area contributed by atoms with E-state index < -0.39 is 10.0 Å². The molecular formula is C22H29BrN2O4S. The summed E-state index contributed by atoms with van der Waals surface area (Å²) in [7, 11) is -2.40. The Bertz CT molecular complexity index is 997. The predicted octanol–water partition coefficient (Wildman–Crippen LogP) is 4.54. The van der Waals surface area contributed by atoms with Crippen molar-refractivity contribution in [2.75, 3.05) is 25.5 Å². The highest BCUT2D eigenvalue weighted by molar-refractivity contribution is 9.10. The van der Waals surface area contributed by atoms with Gasteiger partial charge in [-0.3, -0.25) is 4.79 Å². The molecule has 0 radical (unpaired) electrons. The summed E-state index contributed by atoms with van der Waals surface area (Å²) in [5, 5.41) is 2.91. The van der Waals surface area contributed by atoms with Gasteiger partial charge >= 0.3 is 0 Å². The molecule has 0 unspecified atom stereocenters. The topological polar surface area (TPSA) is 75.7 Å². The van der Waals surface area contributed by atoms with Gasteiger partial charge in [-0.15, -0.1) is 0 Å². The fourth-order valence-corrected chi connectivity index (χ4v) is 4.95. The zero-order chi connectivity index (χ0) is 22.5. The van der Waals surface area contributed by atoms with Crippen LogP contribution in [0.2, 0.25) is 0 Å². The highest BCUT2D eigenvalue weighted by Crippen LogP contribution is 2.28. The lowest BCUT2D eigenvalue weighted by Gasteiger charge is -2.20. The fraction of sp³-hybridized carbons (Fsp3) is 0.409. The summed E-state index contributed by atoms with van der Waals surface area (Å²) in [6.07, 6.45) is 1.50. The molecule has 0 saturated heterocycles. The number of ether oxygens (including phenoxy) is 1. The van der Waals surface area contributed by atoms with Crippen LogP contribution in [0.4, 0.5) is 5.69 Å². The summed E-state index contributed by atoms with van der Waals surface area (Å²) >= 11 is 3.50. The molecule has 164 valence electrons. The van der Waals surface area contributed by atoms with Crippen LogP contribution in [0.3, 0.4) is 0 Å². The molecule has 0 aliphatic rings. The Morgan fingerprint density at radius 3 is 2.20 bits per heavy atom. The maximum absolute atomic E-state index is 12.9. The van der Waals surface area contributed by atoms with Gasteiger partial charge in [-0.1, -0.05) is 29.8 Å². The van der Waals surface area contributed by atoms with E-state index >= 15 is 0 Å². The average Bonchev–Trinajstić information content (AvgIpc) is 2.70. The largest absolute Gasteiger partial charge is 0.494 e. The number of hydrogen-bond donors (Lipinski definition) is 1. The number of nitrogens with one attached hydrogen (secondary N) is 1. The van der Waals surface area contributed by atoms with Gasteiger partial charge in [0, 0.05) is 17.2 Å². The first-order chi connectivity index (χ1) is 14.1. The van der Waals surface area contributed by atoms with Crippen LogP contribution in [0, 0.1) is 6.92 Å². The molecule has 2 aromatic carbocycles. The van der Waals surface area contributed by atoms with Crippen LogP contribution >= 0.6 is 15.9 Å². The summed E-state index contributed by atoms with van der Waals surface area (Å²) in [5.74, 6) is 0.265. The normalized spacial score (nSPS) is 11.6. The van der Waals surface area contributed by atoms with Gasteiger partial charge in [0.05, 0.1) is 18.0 Å². The van der Waals surface area contributed by atoms with Crippen molar-refractivity contribution in [2.24, 2.45) is 0 Å². The molecule has 1 N–H and O–H groups in total. The third kappa shape index (κ3) is 5.62. The van der Waals surface area contributed by atoms with E-state index in [-0.39, 0.29) is 17.3 Å². The summed E-state index contributed by atoms with van der Waals surface area (Å²) in [6.45, 7) is 7.92. The van der Waals surface area contributed by atoms with E-state index in [1.165, 1.54) is 13.1 Å². The molecule has 0 saturated carbocycles. The molecular weight excluding hydrogens is 468 g/mol. The zero-order valence-corrected chi connectivity index (χ0v) is 20.5. The summed E-state index contributed by atoms with van der Waals surface area (Å²) in [5.41, 5.74) is 3.49. The number of rotatable bonds is 9. The Morgan fingerprint density at radius 2 is 1.70 bits per heavy atom. The summed E-state index contributed by atoms with van der Waals surface area (Å²) < 4.78 is 33.4. The van der Waals surface area contributed by atoms with Crippen molar-refractivity contribution in [3.63, 3.8) is 0 Å². The number of likely N-dealkylation sites (N-methyl/N-ethyl adjacent to an activating group) is 1. The molecule has 0 aliphatic carbocycles. The molecule has 0 aromatic heterocycles. The van der Waals surface area contributed by atoms with Crippen LogP contribution in [0.25, 0.3) is 0 Å². The monoisotopic (exact) mass is 496 g/mol. The Kier molecular flexibility index (Phi) is 8.46. The Hall–Kier alpha value is -1.90. The predicted molar refractivity (Wildman–Crippen MR) is 124 cm³/mol. The minimum atomic E-state index is -3.81. The molecule has 0 fully saturated rings. The van der Waals surface area contributed by atoms with Crippen molar-refractivity contribution in [3.05, 3.63) is 51.5 Å². The second-order valence-corrected chi connectivity index (χ2v) is 9.94. The molecule has 8 heteroatoms. The minimum Gasteiger partial charge on any atom is -0.494 e. The van der Waals surface area contributed by atoms with Crippen molar-refractivity contribution in [1.82, 2.24) is 4.31 Å². The molecule has 30 heavy (non-hydrogen) atoms. The highest BCUT2D eigenvalue weighted by atomic mass is 79.9. The van der Waals surface area contributed by atoms with E-state index in [0.29, 0.717) is 12.4 Å². The maximum atomic E-state index is 12.9. The first kappa shape index (κ1) is 24.4. The number of nitrogens with zero attached hydrogens (tertiary/aromatic N) is 1. The van der Waals surface area contributed by atoms with Crippen LogP contribution in [0.15, 0.2) is 39.7 Å². The summed E-state index contributed by atoms with van der Waals surface area (Å²) in [6, 6.07) is 8.65. The quantitative estimate of drug-likeness (QED) is 0.552. The number of anilines is 1. The minimum absolute atomic E-state index is 0.130. The number of benzene rings is 2. The SMILES string of the molecule is CCOc1ccc(S(=O)(=O)N(C)CC(=O)Nc2c(CC)cc(Br)cc2CC)cc1C. The molecule has 2 rings (SSSR count). The van der Waals surface area contributed by atoms with Crippen molar-refractivity contribution in [1.29, 1.82) is 0 Å². The van der Waals surface area contributed by atoms with E-state index in [2.05, 4.69) is 21.2 Å². The smallest absolute Gasteiger partial charge is 0.243 e. The van der Waals surface area contributed by atoms with Gasteiger partial charge in [-0.25, -0.2) is 8.42 Å². The second kappa shape index (κ2) is 10.4. The van der Waals surface area contributed by atoms with Gasteiger partial charge < -0.3 is 10.1 Å². The second-order valence-electron chi connectivity index (χ2n) is 6.98. The lowest BCUT2D eigenvalue weighted by molar-refractivity contribution is -0.116. The van der Waals surface area contributed by atoms with E-state index in [4.69, 9.17) is 4.74 Å². The van der Waals surface area contributed by atoms with Gasteiger partial charge in [0.2, 0.25) is 15.9 Å². The number of aryl methyl sites for hydroxylation is 3. The molecule has 0 atom stereocenters. The van der Waals surface area contributed by atoms with Crippen molar-refractivity contribution >= 4 is 37.5 Å². The van der Waals surface area contributed by atoms with Gasteiger partial charge in [0.1, 0.15) is 5.75 Å². The molecule has 0 aliphatic heterocycles. The van der Waals surface area contributed by atoms with Crippen LogP contribution < -0.4 is 10.1 Å². The fourth-order valence-electron chi connectivity index (χ4n) is 3.19. The molecule has 0 heterocycles.